The average Bonchev–Trinajstić information content (AvgIpc) is 2.76. The normalized spacial score (nSPS) is 18.4. The Kier molecular flexibility index (Phi) is 4.12. The summed E-state index contributed by atoms with van der Waals surface area (Å²) in [6.07, 6.45) is 0.0474. The van der Waals surface area contributed by atoms with E-state index in [1.165, 1.54) is 11.0 Å². The Hall–Kier alpha value is -2.24. The number of rotatable bonds is 5. The molecular formula is C14H17NO5. The molecule has 6 heteroatoms. The van der Waals surface area contributed by atoms with Crippen LogP contribution in [0.5, 0.6) is 11.5 Å². The van der Waals surface area contributed by atoms with Gasteiger partial charge in [-0.1, -0.05) is 6.07 Å². The minimum Gasteiger partial charge on any atom is -0.504 e. The summed E-state index contributed by atoms with van der Waals surface area (Å²) in [5, 5.41) is 18.5. The number of nitrogens with zero attached hydrogens (tertiary/aromatic N) is 1. The molecule has 1 aromatic rings. The second-order valence-corrected chi connectivity index (χ2v) is 4.75. The number of amides is 1. The van der Waals surface area contributed by atoms with Gasteiger partial charge in [0.1, 0.15) is 0 Å². The highest BCUT2D eigenvalue weighted by atomic mass is 16.5. The van der Waals surface area contributed by atoms with Crippen LogP contribution in [0.25, 0.3) is 0 Å². The Balaban J connectivity index is 2.08. The monoisotopic (exact) mass is 279 g/mol. The maximum Gasteiger partial charge on any atom is 0.308 e. The largest absolute Gasteiger partial charge is 0.504 e. The van der Waals surface area contributed by atoms with Gasteiger partial charge in [-0.3, -0.25) is 9.59 Å². The van der Waals surface area contributed by atoms with Crippen molar-refractivity contribution < 1.29 is 24.5 Å². The van der Waals surface area contributed by atoms with Crippen molar-refractivity contribution >= 4 is 11.9 Å². The van der Waals surface area contributed by atoms with Gasteiger partial charge in [0, 0.05) is 19.5 Å². The van der Waals surface area contributed by atoms with Crippen LogP contribution in [0.4, 0.5) is 0 Å². The SMILES string of the molecule is CCOc1cc(CN2C[C@H](C(=O)O)CC2=O)ccc1O. The van der Waals surface area contributed by atoms with Gasteiger partial charge in [0.05, 0.1) is 12.5 Å². The molecule has 0 spiro atoms. The summed E-state index contributed by atoms with van der Waals surface area (Å²) >= 11 is 0. The van der Waals surface area contributed by atoms with Crippen molar-refractivity contribution in [3.63, 3.8) is 0 Å². The molecule has 20 heavy (non-hydrogen) atoms. The van der Waals surface area contributed by atoms with E-state index in [-0.39, 0.29) is 24.6 Å². The lowest BCUT2D eigenvalue weighted by atomic mass is 10.1. The summed E-state index contributed by atoms with van der Waals surface area (Å²) in [5.41, 5.74) is 0.797. The number of benzene rings is 1. The van der Waals surface area contributed by atoms with E-state index >= 15 is 0 Å². The van der Waals surface area contributed by atoms with Gasteiger partial charge in [0.15, 0.2) is 11.5 Å². The number of phenolic OH excluding ortho intramolecular Hbond substituents is 1. The Labute approximate surface area is 116 Å². The highest BCUT2D eigenvalue weighted by Gasteiger charge is 2.34. The van der Waals surface area contributed by atoms with Crippen molar-refractivity contribution in [1.29, 1.82) is 0 Å². The predicted octanol–water partition coefficient (Wildman–Crippen LogP) is 1.22. The molecule has 108 valence electrons. The number of hydrogen-bond acceptors (Lipinski definition) is 4. The molecule has 1 fully saturated rings. The Morgan fingerprint density at radius 2 is 2.25 bits per heavy atom. The van der Waals surface area contributed by atoms with Crippen molar-refractivity contribution in [2.45, 2.75) is 19.9 Å². The average molecular weight is 279 g/mol. The molecular weight excluding hydrogens is 262 g/mol. The zero-order chi connectivity index (χ0) is 14.7. The molecule has 1 heterocycles. The number of ether oxygens (including phenoxy) is 1. The third-order valence-corrected chi connectivity index (χ3v) is 3.26. The highest BCUT2D eigenvalue weighted by molar-refractivity contribution is 5.86. The first-order chi connectivity index (χ1) is 9.51. The molecule has 6 nitrogen and oxygen atoms in total. The van der Waals surface area contributed by atoms with E-state index < -0.39 is 11.9 Å². The number of aromatic hydroxyl groups is 1. The maximum atomic E-state index is 11.8. The smallest absolute Gasteiger partial charge is 0.308 e. The van der Waals surface area contributed by atoms with Crippen LogP contribution < -0.4 is 4.74 Å². The van der Waals surface area contributed by atoms with Crippen LogP contribution in [0.2, 0.25) is 0 Å². The lowest BCUT2D eigenvalue weighted by Crippen LogP contribution is -2.25. The van der Waals surface area contributed by atoms with E-state index in [2.05, 4.69) is 0 Å². The second-order valence-electron chi connectivity index (χ2n) is 4.75. The van der Waals surface area contributed by atoms with E-state index in [1.807, 2.05) is 6.92 Å². The molecule has 2 rings (SSSR count). The van der Waals surface area contributed by atoms with E-state index in [1.54, 1.807) is 12.1 Å². The van der Waals surface area contributed by atoms with Gasteiger partial charge in [0.2, 0.25) is 5.91 Å². The molecule has 0 bridgehead atoms. The number of carboxylic acids is 1. The zero-order valence-corrected chi connectivity index (χ0v) is 11.2. The number of carbonyl (C=O) groups excluding carboxylic acids is 1. The molecule has 0 unspecified atom stereocenters. The summed E-state index contributed by atoms with van der Waals surface area (Å²) in [5.74, 6) is -1.32. The fourth-order valence-corrected chi connectivity index (χ4v) is 2.24. The minimum absolute atomic E-state index is 0.0474. The Morgan fingerprint density at radius 1 is 1.50 bits per heavy atom. The summed E-state index contributed by atoms with van der Waals surface area (Å²) in [4.78, 5) is 24.2. The number of likely N-dealkylation sites (tertiary alicyclic amines) is 1. The molecule has 1 aliphatic rings. The molecule has 1 amide bonds. The van der Waals surface area contributed by atoms with Gasteiger partial charge < -0.3 is 19.8 Å². The van der Waals surface area contributed by atoms with Gasteiger partial charge in [-0.2, -0.15) is 0 Å². The molecule has 0 aliphatic carbocycles. The Morgan fingerprint density at radius 3 is 2.85 bits per heavy atom. The van der Waals surface area contributed by atoms with Gasteiger partial charge in [-0.25, -0.2) is 0 Å². The third-order valence-electron chi connectivity index (χ3n) is 3.26. The molecule has 0 aromatic heterocycles. The molecule has 1 aliphatic heterocycles. The Bertz CT molecular complexity index is 528. The van der Waals surface area contributed by atoms with Gasteiger partial charge in [-0.15, -0.1) is 0 Å². The van der Waals surface area contributed by atoms with Crippen LogP contribution in [0.15, 0.2) is 18.2 Å². The zero-order valence-electron chi connectivity index (χ0n) is 11.2. The first-order valence-electron chi connectivity index (χ1n) is 6.46. The topological polar surface area (TPSA) is 87.1 Å². The summed E-state index contributed by atoms with van der Waals surface area (Å²) in [6, 6.07) is 4.87. The summed E-state index contributed by atoms with van der Waals surface area (Å²) in [7, 11) is 0. The molecule has 2 N–H and O–H groups in total. The second kappa shape index (κ2) is 5.81. The number of aliphatic carboxylic acids is 1. The minimum atomic E-state index is -0.943. The van der Waals surface area contributed by atoms with Crippen LogP contribution in [-0.4, -0.2) is 40.1 Å². The number of hydrogen-bond donors (Lipinski definition) is 2. The first-order valence-corrected chi connectivity index (χ1v) is 6.46. The number of phenols is 1. The van der Waals surface area contributed by atoms with Crippen molar-refractivity contribution in [1.82, 2.24) is 4.90 Å². The molecule has 0 radical (unpaired) electrons. The number of carboxylic acid groups (broad SMARTS) is 1. The third kappa shape index (κ3) is 3.01. The quantitative estimate of drug-likeness (QED) is 0.846. The first kappa shape index (κ1) is 14.2. The summed E-state index contributed by atoms with van der Waals surface area (Å²) in [6.45, 7) is 2.79. The number of carbonyl (C=O) groups is 2. The molecule has 0 saturated carbocycles. The lowest BCUT2D eigenvalue weighted by molar-refractivity contribution is -0.141. The molecule has 1 saturated heterocycles. The van der Waals surface area contributed by atoms with E-state index in [0.717, 1.165) is 5.56 Å². The molecule has 1 aromatic carbocycles. The van der Waals surface area contributed by atoms with E-state index in [0.29, 0.717) is 18.9 Å². The molecule has 1 atom stereocenters. The predicted molar refractivity (Wildman–Crippen MR) is 70.4 cm³/mol. The standard InChI is InChI=1S/C14H17NO5/c1-2-20-12-5-9(3-4-11(12)16)7-15-8-10(14(18)19)6-13(15)17/h3-5,10,16H,2,6-8H2,1H3,(H,18,19)/t10-/m1/s1. The summed E-state index contributed by atoms with van der Waals surface area (Å²) < 4.78 is 5.28. The van der Waals surface area contributed by atoms with Crippen LogP contribution >= 0.6 is 0 Å². The van der Waals surface area contributed by atoms with Crippen molar-refractivity contribution in [2.24, 2.45) is 5.92 Å². The lowest BCUT2D eigenvalue weighted by Gasteiger charge is -2.17. The van der Waals surface area contributed by atoms with Gasteiger partial charge in [0.25, 0.3) is 0 Å². The fraction of sp³-hybridized carbons (Fsp3) is 0.429. The van der Waals surface area contributed by atoms with E-state index in [9.17, 15) is 14.7 Å². The highest BCUT2D eigenvalue weighted by Crippen LogP contribution is 2.28. The van der Waals surface area contributed by atoms with Gasteiger partial charge >= 0.3 is 5.97 Å². The van der Waals surface area contributed by atoms with Crippen LogP contribution in [0.1, 0.15) is 18.9 Å². The van der Waals surface area contributed by atoms with Crippen molar-refractivity contribution in [2.75, 3.05) is 13.2 Å². The fourth-order valence-electron chi connectivity index (χ4n) is 2.24. The van der Waals surface area contributed by atoms with Crippen LogP contribution in [0, 0.1) is 5.92 Å². The van der Waals surface area contributed by atoms with Crippen molar-refractivity contribution in [3.8, 4) is 11.5 Å². The maximum absolute atomic E-state index is 11.8. The van der Waals surface area contributed by atoms with E-state index in [4.69, 9.17) is 9.84 Å². The van der Waals surface area contributed by atoms with Crippen molar-refractivity contribution in [3.05, 3.63) is 23.8 Å². The van der Waals surface area contributed by atoms with Gasteiger partial charge in [-0.05, 0) is 24.6 Å². The van der Waals surface area contributed by atoms with Crippen LogP contribution in [-0.2, 0) is 16.1 Å². The van der Waals surface area contributed by atoms with Crippen LogP contribution in [0.3, 0.4) is 0 Å².